The number of aliphatic hydroxyl groups is 1. The summed E-state index contributed by atoms with van der Waals surface area (Å²) in [5.74, 6) is -0.965. The molecule has 2 fully saturated rings. The van der Waals surface area contributed by atoms with E-state index < -0.39 is 35.4 Å². The van der Waals surface area contributed by atoms with Crippen molar-refractivity contribution >= 4 is 46.5 Å². The Hall–Kier alpha value is -6.51. The van der Waals surface area contributed by atoms with E-state index in [0.29, 0.717) is 43.3 Å². The summed E-state index contributed by atoms with van der Waals surface area (Å²) in [4.78, 5) is 84.4. The van der Waals surface area contributed by atoms with Crippen LogP contribution in [0.15, 0.2) is 71.1 Å². The van der Waals surface area contributed by atoms with Crippen LogP contribution in [0.4, 0.5) is 11.5 Å². The van der Waals surface area contributed by atoms with Crippen molar-refractivity contribution in [3.63, 3.8) is 0 Å². The second-order valence-corrected chi connectivity index (χ2v) is 21.7. The van der Waals surface area contributed by atoms with Gasteiger partial charge in [0.2, 0.25) is 17.7 Å². The van der Waals surface area contributed by atoms with E-state index in [1.807, 2.05) is 109 Å². The molecule has 3 aromatic heterocycles. The predicted octanol–water partition coefficient (Wildman–Crippen LogP) is 6.54. The fourth-order valence-electron chi connectivity index (χ4n) is 9.91. The average molecular weight is 1060 g/mol. The van der Waals surface area contributed by atoms with Gasteiger partial charge in [0.15, 0.2) is 0 Å². The van der Waals surface area contributed by atoms with E-state index in [1.165, 1.54) is 4.90 Å². The van der Waals surface area contributed by atoms with E-state index in [0.717, 1.165) is 74.7 Å². The standard InChI is InChI=1S/C57H75N9O9S/c1-10-65(43-17-20-73-21-18-43)47-27-42(26-45(36(47)4)53(69)60-30-46-34(2)25-35(3)62-54(46)70)41-15-16-49(59-29-41)58-19-22-74-23-24-75-32-50(68)64-52(57(7,8)9)56(72)66-31-44(67)28-48(66)55(71)63-37(5)39-11-13-40(14-12-39)51-38(6)61-33-76-51/h11-16,25-27,29,33,37,43-44,48,52,67H,10,17-24,28,30-32H2,1-9H3,(H,58,59)(H,60,69)(H,62,70)(H,63,71)(H,64,68)/t37-,44+,48-,52+/m0/s1. The van der Waals surface area contributed by atoms with Crippen molar-refractivity contribution in [1.29, 1.82) is 0 Å². The molecule has 19 heteroatoms. The molecule has 2 aliphatic heterocycles. The van der Waals surface area contributed by atoms with Crippen LogP contribution in [0.3, 0.4) is 0 Å². The fraction of sp³-hybridized carbons (Fsp3) is 0.491. The zero-order valence-electron chi connectivity index (χ0n) is 45.3. The number of aliphatic hydroxyl groups excluding tert-OH is 1. The van der Waals surface area contributed by atoms with Crippen LogP contribution in [0, 0.1) is 33.1 Å². The number of pyridine rings is 2. The van der Waals surface area contributed by atoms with Crippen molar-refractivity contribution in [2.24, 2.45) is 5.41 Å². The number of ether oxygens (including phenoxy) is 3. The Balaban J connectivity index is 0.874. The quantitative estimate of drug-likeness (QED) is 0.0405. The number of hydrogen-bond donors (Lipinski definition) is 6. The number of aromatic nitrogens is 3. The van der Waals surface area contributed by atoms with E-state index in [1.54, 1.807) is 17.5 Å². The number of hydrogen-bond acceptors (Lipinski definition) is 14. The molecule has 5 aromatic rings. The van der Waals surface area contributed by atoms with Crippen LogP contribution < -0.4 is 31.7 Å². The minimum atomic E-state index is -0.991. The number of likely N-dealkylation sites (tertiary alicyclic amines) is 1. The first kappa shape index (κ1) is 57.2. The lowest BCUT2D eigenvalue weighted by molar-refractivity contribution is -0.144. The number of aryl methyl sites for hydroxylation is 3. The van der Waals surface area contributed by atoms with Crippen molar-refractivity contribution in [2.75, 3.05) is 69.5 Å². The van der Waals surface area contributed by atoms with Crippen LogP contribution in [0.2, 0.25) is 0 Å². The highest BCUT2D eigenvalue weighted by Crippen LogP contribution is 2.35. The second kappa shape index (κ2) is 26.0. The Morgan fingerprint density at radius 1 is 0.934 bits per heavy atom. The molecule has 0 unspecified atom stereocenters. The van der Waals surface area contributed by atoms with E-state index in [-0.39, 0.29) is 68.8 Å². The van der Waals surface area contributed by atoms with Crippen molar-refractivity contribution in [3.8, 4) is 21.6 Å². The summed E-state index contributed by atoms with van der Waals surface area (Å²) in [6.45, 7) is 20.1. The van der Waals surface area contributed by atoms with Gasteiger partial charge in [0.05, 0.1) is 48.0 Å². The number of carbonyl (C=O) groups is 4. The van der Waals surface area contributed by atoms with Gasteiger partial charge in [-0.1, -0.05) is 45.0 Å². The number of β-amino-alcohol motifs (C(OH)–C–C–N with tert-alkyl or cyclic N) is 1. The van der Waals surface area contributed by atoms with Gasteiger partial charge < -0.3 is 55.4 Å². The molecule has 2 saturated heterocycles. The Morgan fingerprint density at radius 2 is 1.66 bits per heavy atom. The molecule has 4 atom stereocenters. The molecule has 0 bridgehead atoms. The average Bonchev–Trinajstić information content (AvgIpc) is 4.02. The molecule has 0 aliphatic carbocycles. The molecule has 6 N–H and O–H groups in total. The van der Waals surface area contributed by atoms with Crippen LogP contribution in [0.5, 0.6) is 0 Å². The predicted molar refractivity (Wildman–Crippen MR) is 295 cm³/mol. The minimum absolute atomic E-state index is 0.0333. The van der Waals surface area contributed by atoms with Crippen LogP contribution in [-0.4, -0.2) is 132 Å². The Kier molecular flexibility index (Phi) is 19.6. The lowest BCUT2D eigenvalue weighted by Gasteiger charge is -2.37. The van der Waals surface area contributed by atoms with Gasteiger partial charge in [-0.3, -0.25) is 24.0 Å². The number of nitrogens with one attached hydrogen (secondary N) is 5. The molecule has 0 radical (unpaired) electrons. The molecule has 2 aromatic carbocycles. The Labute approximate surface area is 449 Å². The number of aromatic amines is 1. The Morgan fingerprint density at radius 3 is 2.32 bits per heavy atom. The van der Waals surface area contributed by atoms with Gasteiger partial charge in [0.1, 0.15) is 24.5 Å². The third kappa shape index (κ3) is 14.5. The zero-order chi connectivity index (χ0) is 54.7. The molecule has 18 nitrogen and oxygen atoms in total. The zero-order valence-corrected chi connectivity index (χ0v) is 46.2. The van der Waals surface area contributed by atoms with Crippen molar-refractivity contribution < 1.29 is 38.5 Å². The molecule has 4 amide bonds. The summed E-state index contributed by atoms with van der Waals surface area (Å²) in [7, 11) is 0. The summed E-state index contributed by atoms with van der Waals surface area (Å²) in [6, 6.07) is 15.7. The molecule has 408 valence electrons. The SMILES string of the molecule is CCN(c1cc(-c2ccc(NCCOCCOCC(=O)N[C@H](C(=O)N3C[C@H](O)C[C@H]3C(=O)N[C@@H](C)c3ccc(-c4scnc4C)cc3)C(C)(C)C)nc2)cc(C(=O)NCc2c(C)cc(C)[nH]c2=O)c1C)C1CCOCC1. The van der Waals surface area contributed by atoms with Crippen LogP contribution in [0.1, 0.15) is 104 Å². The summed E-state index contributed by atoms with van der Waals surface area (Å²) in [5, 5.41) is 22.8. The molecule has 76 heavy (non-hydrogen) atoms. The first-order chi connectivity index (χ1) is 36.3. The van der Waals surface area contributed by atoms with Gasteiger partial charge in [-0.25, -0.2) is 9.97 Å². The van der Waals surface area contributed by atoms with Gasteiger partial charge in [-0.05, 0) is 118 Å². The lowest BCUT2D eigenvalue weighted by atomic mass is 9.85. The third-order valence-corrected chi connectivity index (χ3v) is 15.1. The molecular formula is C57H75N9O9S. The molecule has 2 aliphatic rings. The Bertz CT molecular complexity index is 2860. The monoisotopic (exact) mass is 1060 g/mol. The highest BCUT2D eigenvalue weighted by atomic mass is 32.1. The number of rotatable bonds is 22. The summed E-state index contributed by atoms with van der Waals surface area (Å²) in [6.07, 6.45) is 2.73. The van der Waals surface area contributed by atoms with E-state index in [9.17, 15) is 29.1 Å². The van der Waals surface area contributed by atoms with Gasteiger partial charge in [-0.2, -0.15) is 0 Å². The number of thiazole rings is 1. The molecule has 7 rings (SSSR count). The van der Waals surface area contributed by atoms with Crippen molar-refractivity contribution in [1.82, 2.24) is 35.8 Å². The van der Waals surface area contributed by atoms with E-state index in [2.05, 4.69) is 54.1 Å². The summed E-state index contributed by atoms with van der Waals surface area (Å²) in [5.41, 5.74) is 9.88. The molecule has 0 spiro atoms. The van der Waals surface area contributed by atoms with Crippen LogP contribution in [0.25, 0.3) is 21.6 Å². The first-order valence-electron chi connectivity index (χ1n) is 26.2. The van der Waals surface area contributed by atoms with E-state index >= 15 is 0 Å². The minimum Gasteiger partial charge on any atom is -0.391 e. The van der Waals surface area contributed by atoms with Crippen molar-refractivity contribution in [3.05, 3.63) is 116 Å². The number of amides is 4. The largest absolute Gasteiger partial charge is 0.391 e. The fourth-order valence-corrected chi connectivity index (χ4v) is 10.7. The number of anilines is 2. The topological polar surface area (TPSA) is 229 Å². The summed E-state index contributed by atoms with van der Waals surface area (Å²) < 4.78 is 17.1. The highest BCUT2D eigenvalue weighted by Gasteiger charge is 2.45. The maximum atomic E-state index is 14.1. The van der Waals surface area contributed by atoms with Gasteiger partial charge in [-0.15, -0.1) is 11.3 Å². The van der Waals surface area contributed by atoms with E-state index in [4.69, 9.17) is 14.2 Å². The number of carbonyl (C=O) groups excluding carboxylic acids is 4. The third-order valence-electron chi connectivity index (χ3n) is 14.1. The van der Waals surface area contributed by atoms with Gasteiger partial charge in [0, 0.05) is 86.1 Å². The van der Waals surface area contributed by atoms with Crippen LogP contribution in [-0.2, 0) is 35.1 Å². The highest BCUT2D eigenvalue weighted by molar-refractivity contribution is 7.13. The lowest BCUT2D eigenvalue weighted by Crippen LogP contribution is -2.58. The molecular weight excluding hydrogens is 987 g/mol. The number of nitrogens with zero attached hydrogens (tertiary/aromatic N) is 4. The summed E-state index contributed by atoms with van der Waals surface area (Å²) >= 11 is 1.57. The van der Waals surface area contributed by atoms with Crippen molar-refractivity contribution in [2.45, 2.75) is 118 Å². The van der Waals surface area contributed by atoms with Gasteiger partial charge >= 0.3 is 0 Å². The second-order valence-electron chi connectivity index (χ2n) is 20.8. The number of benzene rings is 2. The maximum Gasteiger partial charge on any atom is 0.253 e. The van der Waals surface area contributed by atoms with Crippen LogP contribution >= 0.6 is 11.3 Å². The first-order valence-corrected chi connectivity index (χ1v) is 27.1. The number of H-pyrrole nitrogens is 1. The van der Waals surface area contributed by atoms with Gasteiger partial charge in [0.25, 0.3) is 11.5 Å². The molecule has 0 saturated carbocycles. The smallest absolute Gasteiger partial charge is 0.253 e. The normalized spacial score (nSPS) is 16.7. The maximum absolute atomic E-state index is 14.1. The molecule has 5 heterocycles.